The van der Waals surface area contributed by atoms with Gasteiger partial charge in [-0.05, 0) is 55.1 Å². The van der Waals surface area contributed by atoms with E-state index in [-0.39, 0.29) is 5.54 Å². The highest BCUT2D eigenvalue weighted by molar-refractivity contribution is 9.10. The van der Waals surface area contributed by atoms with Crippen LogP contribution in [-0.2, 0) is 6.42 Å². The Balaban J connectivity index is 2.01. The molecule has 0 amide bonds. The van der Waals surface area contributed by atoms with Gasteiger partial charge in [0, 0.05) is 10.0 Å². The molecule has 2 heteroatoms. The summed E-state index contributed by atoms with van der Waals surface area (Å²) in [6, 6.07) is 8.46. The molecule has 0 aliphatic heterocycles. The zero-order chi connectivity index (χ0) is 14.1. The minimum Gasteiger partial charge on any atom is -0.325 e. The van der Waals surface area contributed by atoms with E-state index in [1.807, 2.05) is 0 Å². The molecule has 0 radical (unpaired) electrons. The summed E-state index contributed by atoms with van der Waals surface area (Å²) in [6.07, 6.45) is 5.83. The van der Waals surface area contributed by atoms with E-state index >= 15 is 0 Å². The molecule has 0 spiro atoms. The van der Waals surface area contributed by atoms with Crippen LogP contribution in [0.15, 0.2) is 28.7 Å². The van der Waals surface area contributed by atoms with Gasteiger partial charge in [0.2, 0.25) is 0 Å². The molecule has 1 aliphatic carbocycles. The molecule has 19 heavy (non-hydrogen) atoms. The molecule has 1 aromatic rings. The second-order valence-corrected chi connectivity index (χ2v) is 8.13. The van der Waals surface area contributed by atoms with Crippen molar-refractivity contribution >= 4 is 15.9 Å². The Labute approximate surface area is 126 Å². The minimum atomic E-state index is -0.00831. The summed E-state index contributed by atoms with van der Waals surface area (Å²) in [5.41, 5.74) is 8.41. The Kier molecular flexibility index (Phi) is 4.42. The molecule has 0 bridgehead atoms. The average Bonchev–Trinajstić information content (AvgIpc) is 2.31. The number of rotatable bonds is 2. The lowest BCUT2D eigenvalue weighted by atomic mass is 9.66. The molecule has 106 valence electrons. The smallest absolute Gasteiger partial charge is 0.0207 e. The third-order valence-electron chi connectivity index (χ3n) is 4.71. The first-order chi connectivity index (χ1) is 8.80. The number of nitrogens with two attached hydrogens (primary N) is 1. The first-order valence-electron chi connectivity index (χ1n) is 7.32. The highest BCUT2D eigenvalue weighted by Crippen LogP contribution is 2.41. The van der Waals surface area contributed by atoms with Crippen molar-refractivity contribution in [3.8, 4) is 0 Å². The van der Waals surface area contributed by atoms with Crippen LogP contribution in [0.1, 0.15) is 52.0 Å². The summed E-state index contributed by atoms with van der Waals surface area (Å²) in [5, 5.41) is 0. The molecule has 1 nitrogen and oxygen atoms in total. The molecular weight excluding hydrogens is 298 g/mol. The van der Waals surface area contributed by atoms with Crippen LogP contribution in [0.4, 0.5) is 0 Å². The predicted molar refractivity (Wildman–Crippen MR) is 86.2 cm³/mol. The molecule has 2 N–H and O–H groups in total. The maximum atomic E-state index is 6.64. The maximum absolute atomic E-state index is 6.64. The van der Waals surface area contributed by atoms with Gasteiger partial charge in [0.1, 0.15) is 0 Å². The van der Waals surface area contributed by atoms with Crippen LogP contribution in [0.3, 0.4) is 0 Å². The van der Waals surface area contributed by atoms with Crippen molar-refractivity contribution in [3.63, 3.8) is 0 Å². The summed E-state index contributed by atoms with van der Waals surface area (Å²) < 4.78 is 1.19. The number of hydrogen-bond donors (Lipinski definition) is 1. The number of halogens is 1. The second kappa shape index (κ2) is 5.57. The minimum absolute atomic E-state index is 0.00831. The van der Waals surface area contributed by atoms with E-state index in [2.05, 4.69) is 61.0 Å². The van der Waals surface area contributed by atoms with Gasteiger partial charge in [-0.2, -0.15) is 0 Å². The molecule has 0 aromatic heterocycles. The van der Waals surface area contributed by atoms with Gasteiger partial charge in [-0.15, -0.1) is 0 Å². The highest BCUT2D eigenvalue weighted by Gasteiger charge is 2.36. The van der Waals surface area contributed by atoms with E-state index < -0.39 is 0 Å². The van der Waals surface area contributed by atoms with Crippen LogP contribution in [0.2, 0.25) is 0 Å². The van der Waals surface area contributed by atoms with E-state index in [9.17, 15) is 0 Å². The fraction of sp³-hybridized carbons (Fsp3) is 0.647. The largest absolute Gasteiger partial charge is 0.325 e. The summed E-state index contributed by atoms with van der Waals surface area (Å²) >= 11 is 3.64. The molecular formula is C17H26BrN. The molecule has 1 aromatic carbocycles. The standard InChI is InChI=1S/C17H26BrN/c1-16(2,3)14-8-10-17(19,11-9-14)12-13-6-4-5-7-15(13)18/h4-7,14H,8-12,19H2,1-3H3. The van der Waals surface area contributed by atoms with E-state index in [0.29, 0.717) is 5.41 Å². The van der Waals surface area contributed by atoms with Crippen molar-refractivity contribution in [1.82, 2.24) is 0 Å². The molecule has 0 saturated heterocycles. The quantitative estimate of drug-likeness (QED) is 0.820. The van der Waals surface area contributed by atoms with Gasteiger partial charge in [-0.3, -0.25) is 0 Å². The Morgan fingerprint density at radius 2 is 1.79 bits per heavy atom. The van der Waals surface area contributed by atoms with Crippen molar-refractivity contribution in [2.24, 2.45) is 17.1 Å². The topological polar surface area (TPSA) is 26.0 Å². The van der Waals surface area contributed by atoms with E-state index in [1.165, 1.54) is 22.9 Å². The molecule has 2 rings (SSSR count). The highest BCUT2D eigenvalue weighted by atomic mass is 79.9. The lowest BCUT2D eigenvalue weighted by Crippen LogP contribution is -2.46. The Bertz CT molecular complexity index is 425. The fourth-order valence-corrected chi connectivity index (χ4v) is 3.68. The molecule has 1 aliphatic rings. The van der Waals surface area contributed by atoms with Crippen LogP contribution < -0.4 is 5.73 Å². The normalized spacial score (nSPS) is 28.4. The SMILES string of the molecule is CC(C)(C)C1CCC(N)(Cc2ccccc2Br)CC1. The number of hydrogen-bond acceptors (Lipinski definition) is 1. The van der Waals surface area contributed by atoms with Gasteiger partial charge >= 0.3 is 0 Å². The first-order valence-corrected chi connectivity index (χ1v) is 8.12. The number of benzene rings is 1. The van der Waals surface area contributed by atoms with Crippen LogP contribution in [-0.4, -0.2) is 5.54 Å². The predicted octanol–water partition coefficient (Wildman–Crippen LogP) is 4.93. The molecule has 0 atom stereocenters. The zero-order valence-corrected chi connectivity index (χ0v) is 14.0. The van der Waals surface area contributed by atoms with Gasteiger partial charge in [-0.1, -0.05) is 54.9 Å². The average molecular weight is 324 g/mol. The first kappa shape index (κ1) is 15.1. The van der Waals surface area contributed by atoms with Gasteiger partial charge in [0.15, 0.2) is 0 Å². The fourth-order valence-electron chi connectivity index (χ4n) is 3.26. The van der Waals surface area contributed by atoms with Crippen LogP contribution in [0.25, 0.3) is 0 Å². The maximum Gasteiger partial charge on any atom is 0.0207 e. The molecule has 0 unspecified atom stereocenters. The van der Waals surface area contributed by atoms with Crippen LogP contribution in [0.5, 0.6) is 0 Å². The van der Waals surface area contributed by atoms with Gasteiger partial charge < -0.3 is 5.73 Å². The summed E-state index contributed by atoms with van der Waals surface area (Å²) in [6.45, 7) is 7.07. The molecule has 1 saturated carbocycles. The van der Waals surface area contributed by atoms with Crippen molar-refractivity contribution < 1.29 is 0 Å². The molecule has 1 fully saturated rings. The third-order valence-corrected chi connectivity index (χ3v) is 5.48. The van der Waals surface area contributed by atoms with E-state index in [1.54, 1.807) is 0 Å². The molecule has 0 heterocycles. The van der Waals surface area contributed by atoms with E-state index in [4.69, 9.17) is 5.73 Å². The lowest BCUT2D eigenvalue weighted by Gasteiger charge is -2.42. The van der Waals surface area contributed by atoms with Crippen molar-refractivity contribution in [2.75, 3.05) is 0 Å². The summed E-state index contributed by atoms with van der Waals surface area (Å²) in [5.74, 6) is 0.823. The van der Waals surface area contributed by atoms with Gasteiger partial charge in [0.05, 0.1) is 0 Å². The third kappa shape index (κ3) is 3.82. The Morgan fingerprint density at radius 3 is 2.32 bits per heavy atom. The van der Waals surface area contributed by atoms with Gasteiger partial charge in [0.25, 0.3) is 0 Å². The van der Waals surface area contributed by atoms with Crippen LogP contribution >= 0.6 is 15.9 Å². The Morgan fingerprint density at radius 1 is 1.21 bits per heavy atom. The van der Waals surface area contributed by atoms with Crippen LogP contribution in [0, 0.1) is 11.3 Å². The lowest BCUT2D eigenvalue weighted by molar-refractivity contribution is 0.134. The van der Waals surface area contributed by atoms with Crippen molar-refractivity contribution in [3.05, 3.63) is 34.3 Å². The van der Waals surface area contributed by atoms with Gasteiger partial charge in [-0.25, -0.2) is 0 Å². The Hall–Kier alpha value is -0.340. The zero-order valence-electron chi connectivity index (χ0n) is 12.4. The van der Waals surface area contributed by atoms with Crippen molar-refractivity contribution in [2.45, 2.75) is 58.4 Å². The summed E-state index contributed by atoms with van der Waals surface area (Å²) in [7, 11) is 0. The second-order valence-electron chi connectivity index (χ2n) is 7.27. The monoisotopic (exact) mass is 323 g/mol. The van der Waals surface area contributed by atoms with Crippen molar-refractivity contribution in [1.29, 1.82) is 0 Å². The summed E-state index contributed by atoms with van der Waals surface area (Å²) in [4.78, 5) is 0. The van der Waals surface area contributed by atoms with E-state index in [0.717, 1.165) is 25.2 Å².